The molecular weight excluding hydrogens is 212 g/mol. The summed E-state index contributed by atoms with van der Waals surface area (Å²) in [5.41, 5.74) is 5.61. The molecule has 1 unspecified atom stereocenters. The molecule has 0 aliphatic carbocycles. The van der Waals surface area contributed by atoms with Crippen molar-refractivity contribution in [1.29, 1.82) is 0 Å². The van der Waals surface area contributed by atoms with Gasteiger partial charge in [-0.2, -0.15) is 0 Å². The zero-order chi connectivity index (χ0) is 12.1. The van der Waals surface area contributed by atoms with E-state index in [1.54, 1.807) is 0 Å². The summed E-state index contributed by atoms with van der Waals surface area (Å²) in [6, 6.07) is -1.51. The number of nitrogens with zero attached hydrogens (tertiary/aromatic N) is 1. The lowest BCUT2D eigenvalue weighted by atomic mass is 10.0. The van der Waals surface area contributed by atoms with Gasteiger partial charge in [-0.15, -0.1) is 0 Å². The highest BCUT2D eigenvalue weighted by atomic mass is 16.5. The molecule has 1 amide bonds. The Morgan fingerprint density at radius 2 is 2.25 bits per heavy atom. The summed E-state index contributed by atoms with van der Waals surface area (Å²) >= 11 is 0. The van der Waals surface area contributed by atoms with Crippen molar-refractivity contribution in [1.82, 2.24) is 4.90 Å². The molecule has 2 atom stereocenters. The average molecular weight is 230 g/mol. The lowest BCUT2D eigenvalue weighted by molar-refractivity contribution is -0.153. The van der Waals surface area contributed by atoms with E-state index >= 15 is 0 Å². The third-order valence-electron chi connectivity index (χ3n) is 2.73. The van der Waals surface area contributed by atoms with Gasteiger partial charge in [0.25, 0.3) is 0 Å². The van der Waals surface area contributed by atoms with E-state index in [1.165, 1.54) is 12.0 Å². The predicted molar refractivity (Wildman–Crippen MR) is 56.8 cm³/mol. The van der Waals surface area contributed by atoms with Crippen LogP contribution in [0, 0.1) is 0 Å². The van der Waals surface area contributed by atoms with Crippen LogP contribution in [0.1, 0.15) is 19.3 Å². The molecular formula is C10H18N2O4. The number of carboxylic acids is 1. The van der Waals surface area contributed by atoms with Gasteiger partial charge in [0.05, 0.1) is 6.61 Å². The van der Waals surface area contributed by atoms with Gasteiger partial charge in [-0.05, 0) is 19.3 Å². The van der Waals surface area contributed by atoms with Crippen LogP contribution in [-0.2, 0) is 14.3 Å². The Morgan fingerprint density at radius 1 is 1.56 bits per heavy atom. The van der Waals surface area contributed by atoms with E-state index in [0.29, 0.717) is 13.0 Å². The lowest BCUT2D eigenvalue weighted by Crippen LogP contribution is -2.54. The summed E-state index contributed by atoms with van der Waals surface area (Å²) in [6.07, 6.45) is 2.16. The first-order valence-electron chi connectivity index (χ1n) is 5.35. The molecule has 0 aromatic rings. The second-order valence-electron chi connectivity index (χ2n) is 3.94. The van der Waals surface area contributed by atoms with E-state index < -0.39 is 18.1 Å². The van der Waals surface area contributed by atoms with Gasteiger partial charge in [-0.1, -0.05) is 0 Å². The first-order valence-corrected chi connectivity index (χ1v) is 5.35. The van der Waals surface area contributed by atoms with Crippen molar-refractivity contribution in [2.75, 3.05) is 20.3 Å². The van der Waals surface area contributed by atoms with E-state index in [0.717, 1.165) is 12.8 Å². The van der Waals surface area contributed by atoms with Crippen LogP contribution in [-0.4, -0.2) is 54.2 Å². The summed E-state index contributed by atoms with van der Waals surface area (Å²) in [7, 11) is 1.46. The predicted octanol–water partition coefficient (Wildman–Crippen LogP) is -0.574. The second-order valence-corrected chi connectivity index (χ2v) is 3.94. The second kappa shape index (κ2) is 5.81. The van der Waals surface area contributed by atoms with E-state index in [4.69, 9.17) is 15.6 Å². The van der Waals surface area contributed by atoms with Crippen molar-refractivity contribution in [3.05, 3.63) is 0 Å². The first-order chi connectivity index (χ1) is 7.57. The zero-order valence-electron chi connectivity index (χ0n) is 9.39. The molecule has 0 saturated carbocycles. The van der Waals surface area contributed by atoms with Crippen LogP contribution in [0.15, 0.2) is 0 Å². The highest BCUT2D eigenvalue weighted by Gasteiger charge is 2.34. The van der Waals surface area contributed by atoms with Crippen molar-refractivity contribution < 1.29 is 19.4 Å². The molecule has 0 spiro atoms. The monoisotopic (exact) mass is 230 g/mol. The molecule has 1 aliphatic heterocycles. The van der Waals surface area contributed by atoms with Gasteiger partial charge in [0, 0.05) is 13.7 Å². The van der Waals surface area contributed by atoms with E-state index in [1.807, 2.05) is 0 Å². The van der Waals surface area contributed by atoms with Gasteiger partial charge in [-0.25, -0.2) is 4.79 Å². The SMILES string of the molecule is COCC(N)C(=O)N1CCCC[C@@H]1C(=O)O. The fraction of sp³-hybridized carbons (Fsp3) is 0.800. The van der Waals surface area contributed by atoms with E-state index in [9.17, 15) is 9.59 Å². The van der Waals surface area contributed by atoms with Gasteiger partial charge >= 0.3 is 5.97 Å². The maximum Gasteiger partial charge on any atom is 0.326 e. The minimum atomic E-state index is -0.960. The Hall–Kier alpha value is -1.14. The minimum Gasteiger partial charge on any atom is -0.480 e. The van der Waals surface area contributed by atoms with Crippen LogP contribution in [0.25, 0.3) is 0 Å². The van der Waals surface area contributed by atoms with Crippen molar-refractivity contribution in [3.63, 3.8) is 0 Å². The number of amides is 1. The molecule has 1 aliphatic rings. The third kappa shape index (κ3) is 2.93. The molecule has 1 rings (SSSR count). The minimum absolute atomic E-state index is 0.113. The molecule has 1 fully saturated rings. The Morgan fingerprint density at radius 3 is 2.81 bits per heavy atom. The number of hydrogen-bond acceptors (Lipinski definition) is 4. The summed E-state index contributed by atoms with van der Waals surface area (Å²) in [5, 5.41) is 9.00. The van der Waals surface area contributed by atoms with Gasteiger partial charge in [0.2, 0.25) is 5.91 Å². The molecule has 0 radical (unpaired) electrons. The first kappa shape index (κ1) is 12.9. The number of carbonyl (C=O) groups excluding carboxylic acids is 1. The molecule has 0 bridgehead atoms. The van der Waals surface area contributed by atoms with Crippen LogP contribution in [0.2, 0.25) is 0 Å². The van der Waals surface area contributed by atoms with E-state index in [2.05, 4.69) is 0 Å². The number of carbonyl (C=O) groups is 2. The van der Waals surface area contributed by atoms with Crippen LogP contribution >= 0.6 is 0 Å². The number of ether oxygens (including phenoxy) is 1. The average Bonchev–Trinajstić information content (AvgIpc) is 2.28. The highest BCUT2D eigenvalue weighted by molar-refractivity contribution is 5.87. The standard InChI is InChI=1S/C10H18N2O4/c1-16-6-7(11)9(13)12-5-3-2-4-8(12)10(14)15/h7-8H,2-6,11H2,1H3,(H,14,15)/t7?,8-/m1/s1. The lowest BCUT2D eigenvalue weighted by Gasteiger charge is -2.34. The molecule has 6 nitrogen and oxygen atoms in total. The number of methoxy groups -OCH3 is 1. The maximum atomic E-state index is 11.9. The van der Waals surface area contributed by atoms with Gasteiger partial charge in [0.1, 0.15) is 12.1 Å². The fourth-order valence-corrected chi connectivity index (χ4v) is 1.92. The Kier molecular flexibility index (Phi) is 4.70. The Balaban J connectivity index is 2.67. The molecule has 3 N–H and O–H groups in total. The Labute approximate surface area is 94.3 Å². The largest absolute Gasteiger partial charge is 0.480 e. The molecule has 92 valence electrons. The number of aliphatic carboxylic acids is 1. The van der Waals surface area contributed by atoms with Crippen LogP contribution in [0.5, 0.6) is 0 Å². The topological polar surface area (TPSA) is 92.9 Å². The number of nitrogens with two attached hydrogens (primary N) is 1. The Bertz CT molecular complexity index is 270. The van der Waals surface area contributed by atoms with Gasteiger partial charge < -0.3 is 20.5 Å². The zero-order valence-corrected chi connectivity index (χ0v) is 9.39. The van der Waals surface area contributed by atoms with Crippen molar-refractivity contribution in [3.8, 4) is 0 Å². The maximum absolute atomic E-state index is 11.9. The molecule has 0 aromatic heterocycles. The normalized spacial score (nSPS) is 22.9. The highest BCUT2D eigenvalue weighted by Crippen LogP contribution is 2.17. The molecule has 1 saturated heterocycles. The van der Waals surface area contributed by atoms with Crippen molar-refractivity contribution in [2.24, 2.45) is 5.73 Å². The molecule has 0 aromatic carbocycles. The van der Waals surface area contributed by atoms with E-state index in [-0.39, 0.29) is 12.5 Å². The van der Waals surface area contributed by atoms with Crippen LogP contribution in [0.3, 0.4) is 0 Å². The van der Waals surface area contributed by atoms with Crippen LogP contribution in [0.4, 0.5) is 0 Å². The molecule has 16 heavy (non-hydrogen) atoms. The number of likely N-dealkylation sites (tertiary alicyclic amines) is 1. The number of hydrogen-bond donors (Lipinski definition) is 2. The van der Waals surface area contributed by atoms with Gasteiger partial charge in [-0.3, -0.25) is 4.79 Å². The third-order valence-corrected chi connectivity index (χ3v) is 2.73. The van der Waals surface area contributed by atoms with Crippen molar-refractivity contribution in [2.45, 2.75) is 31.3 Å². The summed E-state index contributed by atoms with van der Waals surface area (Å²) in [5.74, 6) is -1.30. The smallest absolute Gasteiger partial charge is 0.326 e. The van der Waals surface area contributed by atoms with Crippen molar-refractivity contribution >= 4 is 11.9 Å². The van der Waals surface area contributed by atoms with Crippen LogP contribution < -0.4 is 5.73 Å². The summed E-state index contributed by atoms with van der Waals surface area (Å²) in [4.78, 5) is 24.2. The van der Waals surface area contributed by atoms with Gasteiger partial charge in [0.15, 0.2) is 0 Å². The quantitative estimate of drug-likeness (QED) is 0.674. The summed E-state index contributed by atoms with van der Waals surface area (Å²) < 4.78 is 4.79. The molecule has 1 heterocycles. The molecule has 6 heteroatoms. The number of rotatable bonds is 4. The number of piperidine rings is 1. The fourth-order valence-electron chi connectivity index (χ4n) is 1.92. The summed E-state index contributed by atoms with van der Waals surface area (Å²) in [6.45, 7) is 0.578. The number of carboxylic acid groups (broad SMARTS) is 1.